The summed E-state index contributed by atoms with van der Waals surface area (Å²) < 4.78 is 13.3. The third-order valence-corrected chi connectivity index (χ3v) is 2.73. The standard InChI is InChI=1S/C17H15FN2O/c18-16-11-5-4-9-15(16)10-6-12-19-17(21)20-13-14-7-2-1-3-8-14/h1-5,7-9,11H,12-13H2,(H2,19,20,21). The van der Waals surface area contributed by atoms with Gasteiger partial charge in [-0.1, -0.05) is 54.3 Å². The zero-order chi connectivity index (χ0) is 14.9. The Labute approximate surface area is 123 Å². The van der Waals surface area contributed by atoms with Gasteiger partial charge < -0.3 is 10.6 Å². The van der Waals surface area contributed by atoms with E-state index in [1.165, 1.54) is 6.07 Å². The van der Waals surface area contributed by atoms with E-state index in [9.17, 15) is 9.18 Å². The number of rotatable bonds is 3. The Morgan fingerprint density at radius 2 is 1.71 bits per heavy atom. The number of carbonyl (C=O) groups excluding carboxylic acids is 1. The lowest BCUT2D eigenvalue weighted by atomic mass is 10.2. The smallest absolute Gasteiger partial charge is 0.315 e. The molecule has 0 unspecified atom stereocenters. The molecular weight excluding hydrogens is 267 g/mol. The van der Waals surface area contributed by atoms with Gasteiger partial charge in [0, 0.05) is 6.54 Å². The van der Waals surface area contributed by atoms with Gasteiger partial charge in [-0.05, 0) is 17.7 Å². The molecule has 0 heterocycles. The highest BCUT2D eigenvalue weighted by Gasteiger charge is 1.98. The summed E-state index contributed by atoms with van der Waals surface area (Å²) in [5.41, 5.74) is 1.34. The summed E-state index contributed by atoms with van der Waals surface area (Å²) in [7, 11) is 0. The molecule has 2 rings (SSSR count). The normalized spacial score (nSPS) is 9.38. The Kier molecular flexibility index (Phi) is 5.36. The fourth-order valence-electron chi connectivity index (χ4n) is 1.67. The Bertz CT molecular complexity index is 659. The summed E-state index contributed by atoms with van der Waals surface area (Å²) in [6, 6.07) is 15.6. The van der Waals surface area contributed by atoms with Gasteiger partial charge in [0.15, 0.2) is 0 Å². The van der Waals surface area contributed by atoms with E-state index in [1.807, 2.05) is 30.3 Å². The second-order valence-corrected chi connectivity index (χ2v) is 4.30. The van der Waals surface area contributed by atoms with Gasteiger partial charge in [0.25, 0.3) is 0 Å². The number of carbonyl (C=O) groups is 1. The van der Waals surface area contributed by atoms with Crippen LogP contribution in [0.2, 0.25) is 0 Å². The largest absolute Gasteiger partial charge is 0.334 e. The lowest BCUT2D eigenvalue weighted by Crippen LogP contribution is -2.35. The highest BCUT2D eigenvalue weighted by Crippen LogP contribution is 2.03. The first kappa shape index (κ1) is 14.6. The number of hydrogen-bond donors (Lipinski definition) is 2. The monoisotopic (exact) mass is 282 g/mol. The topological polar surface area (TPSA) is 41.1 Å². The maximum Gasteiger partial charge on any atom is 0.315 e. The van der Waals surface area contributed by atoms with Gasteiger partial charge in [0.1, 0.15) is 5.82 Å². The van der Waals surface area contributed by atoms with Crippen molar-refractivity contribution in [2.45, 2.75) is 6.54 Å². The number of urea groups is 1. The Morgan fingerprint density at radius 3 is 2.48 bits per heavy atom. The van der Waals surface area contributed by atoms with Crippen LogP contribution in [-0.2, 0) is 6.54 Å². The third-order valence-electron chi connectivity index (χ3n) is 2.73. The third kappa shape index (κ3) is 5.00. The highest BCUT2D eigenvalue weighted by atomic mass is 19.1. The van der Waals surface area contributed by atoms with Crippen molar-refractivity contribution in [3.05, 3.63) is 71.5 Å². The van der Waals surface area contributed by atoms with Crippen molar-refractivity contribution in [2.24, 2.45) is 0 Å². The molecule has 0 fully saturated rings. The average molecular weight is 282 g/mol. The van der Waals surface area contributed by atoms with Crippen LogP contribution in [0.1, 0.15) is 11.1 Å². The fraction of sp³-hybridized carbons (Fsp3) is 0.118. The maximum absolute atomic E-state index is 13.3. The quantitative estimate of drug-likeness (QED) is 0.835. The molecule has 2 N–H and O–H groups in total. The molecule has 0 aromatic heterocycles. The first-order chi connectivity index (χ1) is 10.3. The Balaban J connectivity index is 1.74. The van der Waals surface area contributed by atoms with Gasteiger partial charge in [-0.2, -0.15) is 0 Å². The van der Waals surface area contributed by atoms with E-state index in [-0.39, 0.29) is 18.4 Å². The molecule has 0 aliphatic heterocycles. The van der Waals surface area contributed by atoms with Crippen LogP contribution in [0.5, 0.6) is 0 Å². The zero-order valence-corrected chi connectivity index (χ0v) is 11.4. The first-order valence-electron chi connectivity index (χ1n) is 6.55. The van der Waals surface area contributed by atoms with E-state index in [0.29, 0.717) is 12.1 Å². The van der Waals surface area contributed by atoms with Gasteiger partial charge in [0.2, 0.25) is 0 Å². The molecule has 0 bridgehead atoms. The number of hydrogen-bond acceptors (Lipinski definition) is 1. The SMILES string of the molecule is O=C(NCC#Cc1ccccc1F)NCc1ccccc1. The van der Waals surface area contributed by atoms with Crippen LogP contribution < -0.4 is 10.6 Å². The second-order valence-electron chi connectivity index (χ2n) is 4.30. The molecule has 0 saturated heterocycles. The van der Waals surface area contributed by atoms with Gasteiger partial charge in [-0.25, -0.2) is 9.18 Å². The van der Waals surface area contributed by atoms with Crippen LogP contribution >= 0.6 is 0 Å². The summed E-state index contributed by atoms with van der Waals surface area (Å²) in [5.74, 6) is 5.02. The fourth-order valence-corrected chi connectivity index (χ4v) is 1.67. The predicted molar refractivity (Wildman–Crippen MR) is 80.0 cm³/mol. The molecule has 2 aromatic carbocycles. The number of halogens is 1. The van der Waals surface area contributed by atoms with Crippen molar-refractivity contribution in [3.8, 4) is 11.8 Å². The Morgan fingerprint density at radius 1 is 1.00 bits per heavy atom. The maximum atomic E-state index is 13.3. The van der Waals surface area contributed by atoms with E-state index in [0.717, 1.165) is 5.56 Å². The molecule has 106 valence electrons. The summed E-state index contributed by atoms with van der Waals surface area (Å²) in [6.45, 7) is 0.613. The van der Waals surface area contributed by atoms with Crippen LogP contribution in [0, 0.1) is 17.7 Å². The predicted octanol–water partition coefficient (Wildman–Crippen LogP) is 2.68. The molecule has 0 aliphatic rings. The summed E-state index contributed by atoms with van der Waals surface area (Å²) in [4.78, 5) is 11.5. The van der Waals surface area contributed by atoms with E-state index >= 15 is 0 Å². The van der Waals surface area contributed by atoms with Crippen molar-refractivity contribution in [1.82, 2.24) is 10.6 Å². The molecule has 0 atom stereocenters. The van der Waals surface area contributed by atoms with Crippen molar-refractivity contribution in [2.75, 3.05) is 6.54 Å². The van der Waals surface area contributed by atoms with Crippen LogP contribution in [0.25, 0.3) is 0 Å². The zero-order valence-electron chi connectivity index (χ0n) is 11.4. The van der Waals surface area contributed by atoms with Gasteiger partial charge in [-0.15, -0.1) is 0 Å². The first-order valence-corrected chi connectivity index (χ1v) is 6.55. The van der Waals surface area contributed by atoms with Crippen LogP contribution in [0.4, 0.5) is 9.18 Å². The number of nitrogens with one attached hydrogen (secondary N) is 2. The average Bonchev–Trinajstić information content (AvgIpc) is 2.52. The van der Waals surface area contributed by atoms with E-state index in [4.69, 9.17) is 0 Å². The van der Waals surface area contributed by atoms with Crippen molar-refractivity contribution < 1.29 is 9.18 Å². The molecule has 0 saturated carbocycles. The summed E-state index contributed by atoms with van der Waals surface area (Å²) in [6.07, 6.45) is 0. The highest BCUT2D eigenvalue weighted by molar-refractivity contribution is 5.74. The van der Waals surface area contributed by atoms with E-state index < -0.39 is 0 Å². The van der Waals surface area contributed by atoms with Crippen LogP contribution in [0.15, 0.2) is 54.6 Å². The van der Waals surface area contributed by atoms with Crippen molar-refractivity contribution in [3.63, 3.8) is 0 Å². The molecule has 0 aliphatic carbocycles. The number of benzene rings is 2. The second kappa shape index (κ2) is 7.71. The molecule has 4 heteroatoms. The van der Waals surface area contributed by atoms with Crippen LogP contribution in [0.3, 0.4) is 0 Å². The molecular formula is C17H15FN2O. The molecule has 21 heavy (non-hydrogen) atoms. The van der Waals surface area contributed by atoms with Crippen molar-refractivity contribution >= 4 is 6.03 Å². The lowest BCUT2D eigenvalue weighted by molar-refractivity contribution is 0.241. The van der Waals surface area contributed by atoms with Gasteiger partial charge in [0.05, 0.1) is 12.1 Å². The van der Waals surface area contributed by atoms with Gasteiger partial charge >= 0.3 is 6.03 Å². The summed E-state index contributed by atoms with van der Waals surface area (Å²) in [5, 5.41) is 5.31. The lowest BCUT2D eigenvalue weighted by Gasteiger charge is -2.05. The Hall–Kier alpha value is -2.80. The van der Waals surface area contributed by atoms with Gasteiger partial charge in [-0.3, -0.25) is 0 Å². The molecule has 0 spiro atoms. The molecule has 2 aromatic rings. The van der Waals surface area contributed by atoms with E-state index in [1.54, 1.807) is 18.2 Å². The molecule has 2 amide bonds. The minimum atomic E-state index is -0.362. The minimum Gasteiger partial charge on any atom is -0.334 e. The number of amides is 2. The van der Waals surface area contributed by atoms with Crippen LogP contribution in [-0.4, -0.2) is 12.6 Å². The molecule has 0 radical (unpaired) electrons. The summed E-state index contributed by atoms with van der Waals surface area (Å²) >= 11 is 0. The van der Waals surface area contributed by atoms with Crippen molar-refractivity contribution in [1.29, 1.82) is 0 Å². The molecule has 3 nitrogen and oxygen atoms in total. The minimum absolute atomic E-state index is 0.162. The van der Waals surface area contributed by atoms with E-state index in [2.05, 4.69) is 22.5 Å².